The fourth-order valence-electron chi connectivity index (χ4n) is 2.34. The minimum Gasteiger partial charge on any atom is -0.369 e. The Morgan fingerprint density at radius 2 is 2.00 bits per heavy atom. The van der Waals surface area contributed by atoms with Crippen LogP contribution in [0.25, 0.3) is 0 Å². The Morgan fingerprint density at radius 1 is 1.28 bits per heavy atom. The Labute approximate surface area is 107 Å². The van der Waals surface area contributed by atoms with E-state index in [1.54, 1.807) is 0 Å². The monoisotopic (exact) mass is 246 g/mol. The summed E-state index contributed by atoms with van der Waals surface area (Å²) >= 11 is 0. The van der Waals surface area contributed by atoms with Crippen LogP contribution in [0.1, 0.15) is 12.0 Å². The van der Waals surface area contributed by atoms with Crippen LogP contribution in [-0.4, -0.2) is 36.2 Å². The van der Waals surface area contributed by atoms with Gasteiger partial charge in [0.15, 0.2) is 5.78 Å². The molecule has 1 atom stereocenters. The van der Waals surface area contributed by atoms with E-state index in [1.807, 2.05) is 35.2 Å². The molecule has 1 aromatic carbocycles. The second-order valence-corrected chi connectivity index (χ2v) is 4.82. The number of carbonyl (C=O) groups is 2. The molecule has 0 aliphatic carbocycles. The molecule has 2 rings (SSSR count). The van der Waals surface area contributed by atoms with Gasteiger partial charge in [0.25, 0.3) is 0 Å². The van der Waals surface area contributed by atoms with E-state index in [0.29, 0.717) is 19.5 Å². The van der Waals surface area contributed by atoms with Crippen LogP contribution in [0.15, 0.2) is 30.3 Å². The number of hydrogen-bond acceptors (Lipinski definition) is 3. The lowest BCUT2D eigenvalue weighted by atomic mass is 10.1. The third-order valence-corrected chi connectivity index (χ3v) is 3.32. The second-order valence-electron chi connectivity index (χ2n) is 4.82. The Hall–Kier alpha value is -1.68. The van der Waals surface area contributed by atoms with Gasteiger partial charge in [-0.3, -0.25) is 14.5 Å². The first-order chi connectivity index (χ1) is 8.65. The van der Waals surface area contributed by atoms with Gasteiger partial charge in [-0.25, -0.2) is 0 Å². The summed E-state index contributed by atoms with van der Waals surface area (Å²) in [5, 5.41) is 0. The van der Waals surface area contributed by atoms with Gasteiger partial charge in [0.05, 0.1) is 12.5 Å². The highest BCUT2D eigenvalue weighted by atomic mass is 16.1. The van der Waals surface area contributed by atoms with Crippen molar-refractivity contribution in [2.75, 3.05) is 19.6 Å². The number of amides is 1. The number of nitrogens with zero attached hydrogens (tertiary/aromatic N) is 1. The minimum absolute atomic E-state index is 0.0884. The van der Waals surface area contributed by atoms with Crippen LogP contribution in [-0.2, 0) is 16.0 Å². The van der Waals surface area contributed by atoms with Gasteiger partial charge in [-0.1, -0.05) is 30.3 Å². The largest absolute Gasteiger partial charge is 0.369 e. The molecule has 1 fully saturated rings. The number of hydrogen-bond donors (Lipinski definition) is 1. The predicted octanol–water partition coefficient (Wildman–Crippen LogP) is 0.605. The topological polar surface area (TPSA) is 63.4 Å². The molecular formula is C14H18N2O2. The molecule has 1 aliphatic heterocycles. The molecular weight excluding hydrogens is 228 g/mol. The van der Waals surface area contributed by atoms with Crippen molar-refractivity contribution in [1.82, 2.24) is 4.90 Å². The molecule has 4 nitrogen and oxygen atoms in total. The number of likely N-dealkylation sites (tertiary alicyclic amines) is 1. The zero-order valence-electron chi connectivity index (χ0n) is 10.3. The Kier molecular flexibility index (Phi) is 4.10. The maximum atomic E-state index is 11.9. The van der Waals surface area contributed by atoms with E-state index >= 15 is 0 Å². The first kappa shape index (κ1) is 12.8. The summed E-state index contributed by atoms with van der Waals surface area (Å²) in [7, 11) is 0. The lowest BCUT2D eigenvalue weighted by Gasteiger charge is -2.14. The molecule has 1 saturated heterocycles. The van der Waals surface area contributed by atoms with Gasteiger partial charge in [0.2, 0.25) is 5.91 Å². The van der Waals surface area contributed by atoms with Crippen molar-refractivity contribution < 1.29 is 9.59 Å². The van der Waals surface area contributed by atoms with Crippen molar-refractivity contribution in [1.29, 1.82) is 0 Å². The third kappa shape index (κ3) is 3.40. The first-order valence-corrected chi connectivity index (χ1v) is 6.22. The highest BCUT2D eigenvalue weighted by molar-refractivity contribution is 5.83. The molecule has 0 bridgehead atoms. The van der Waals surface area contributed by atoms with Crippen LogP contribution >= 0.6 is 0 Å². The van der Waals surface area contributed by atoms with Crippen molar-refractivity contribution in [3.05, 3.63) is 35.9 Å². The highest BCUT2D eigenvalue weighted by Crippen LogP contribution is 2.15. The zero-order valence-corrected chi connectivity index (χ0v) is 10.3. The van der Waals surface area contributed by atoms with E-state index in [9.17, 15) is 9.59 Å². The van der Waals surface area contributed by atoms with Crippen LogP contribution in [0.4, 0.5) is 0 Å². The Bertz CT molecular complexity index is 431. The smallest absolute Gasteiger partial charge is 0.221 e. The van der Waals surface area contributed by atoms with E-state index < -0.39 is 0 Å². The molecule has 0 spiro atoms. The van der Waals surface area contributed by atoms with Gasteiger partial charge in [-0.05, 0) is 18.5 Å². The van der Waals surface area contributed by atoms with Gasteiger partial charge < -0.3 is 5.73 Å². The van der Waals surface area contributed by atoms with Gasteiger partial charge >= 0.3 is 0 Å². The highest BCUT2D eigenvalue weighted by Gasteiger charge is 2.27. The van der Waals surface area contributed by atoms with Crippen LogP contribution in [0.5, 0.6) is 0 Å². The fourth-order valence-corrected chi connectivity index (χ4v) is 2.34. The van der Waals surface area contributed by atoms with E-state index in [0.717, 1.165) is 18.5 Å². The molecule has 1 unspecified atom stereocenters. The standard InChI is InChI=1S/C14H18N2O2/c15-14(18)12-6-7-16(9-12)10-13(17)8-11-4-2-1-3-5-11/h1-5,12H,6-10H2,(H2,15,18). The van der Waals surface area contributed by atoms with Crippen LogP contribution in [0, 0.1) is 5.92 Å². The molecule has 1 heterocycles. The summed E-state index contributed by atoms with van der Waals surface area (Å²) in [6.07, 6.45) is 1.23. The SMILES string of the molecule is NC(=O)C1CCN(CC(=O)Cc2ccccc2)C1. The van der Waals surface area contributed by atoms with Crippen molar-refractivity contribution in [3.63, 3.8) is 0 Å². The van der Waals surface area contributed by atoms with E-state index in [2.05, 4.69) is 0 Å². The molecule has 0 saturated carbocycles. The molecule has 2 N–H and O–H groups in total. The first-order valence-electron chi connectivity index (χ1n) is 6.22. The van der Waals surface area contributed by atoms with E-state index in [4.69, 9.17) is 5.73 Å². The molecule has 96 valence electrons. The van der Waals surface area contributed by atoms with Gasteiger partial charge in [-0.2, -0.15) is 0 Å². The molecule has 0 aromatic heterocycles. The van der Waals surface area contributed by atoms with Crippen molar-refractivity contribution in [3.8, 4) is 0 Å². The zero-order chi connectivity index (χ0) is 13.0. The Morgan fingerprint density at radius 3 is 2.61 bits per heavy atom. The lowest BCUT2D eigenvalue weighted by Crippen LogP contribution is -2.31. The third-order valence-electron chi connectivity index (χ3n) is 3.32. The maximum Gasteiger partial charge on any atom is 0.221 e. The number of primary amides is 1. The van der Waals surface area contributed by atoms with Crippen LogP contribution in [0.2, 0.25) is 0 Å². The average Bonchev–Trinajstić information content (AvgIpc) is 2.78. The molecule has 18 heavy (non-hydrogen) atoms. The van der Waals surface area contributed by atoms with Crippen molar-refractivity contribution >= 4 is 11.7 Å². The number of carbonyl (C=O) groups excluding carboxylic acids is 2. The number of nitrogens with two attached hydrogens (primary N) is 1. The normalized spacial score (nSPS) is 19.9. The predicted molar refractivity (Wildman–Crippen MR) is 68.9 cm³/mol. The van der Waals surface area contributed by atoms with E-state index in [-0.39, 0.29) is 17.6 Å². The molecule has 4 heteroatoms. The maximum absolute atomic E-state index is 11.9. The van der Waals surface area contributed by atoms with Gasteiger partial charge in [-0.15, -0.1) is 0 Å². The second kappa shape index (κ2) is 5.78. The molecule has 1 aromatic rings. The van der Waals surface area contributed by atoms with Gasteiger partial charge in [0.1, 0.15) is 0 Å². The van der Waals surface area contributed by atoms with Crippen LogP contribution < -0.4 is 5.73 Å². The molecule has 0 radical (unpaired) electrons. The van der Waals surface area contributed by atoms with Crippen LogP contribution in [0.3, 0.4) is 0 Å². The molecule has 1 aliphatic rings. The van der Waals surface area contributed by atoms with E-state index in [1.165, 1.54) is 0 Å². The molecule has 1 amide bonds. The summed E-state index contributed by atoms with van der Waals surface area (Å²) in [5.74, 6) is -0.158. The lowest BCUT2D eigenvalue weighted by molar-refractivity contribution is -0.122. The number of rotatable bonds is 5. The summed E-state index contributed by atoms with van der Waals surface area (Å²) < 4.78 is 0. The summed E-state index contributed by atoms with van der Waals surface area (Å²) in [6.45, 7) is 1.82. The number of ketones is 1. The minimum atomic E-state index is -0.256. The number of benzene rings is 1. The number of Topliss-reactive ketones (excluding diaryl/α,β-unsaturated/α-hetero) is 1. The quantitative estimate of drug-likeness (QED) is 0.827. The fraction of sp³-hybridized carbons (Fsp3) is 0.429. The average molecular weight is 246 g/mol. The van der Waals surface area contributed by atoms with Crippen molar-refractivity contribution in [2.45, 2.75) is 12.8 Å². The Balaban J connectivity index is 1.80. The van der Waals surface area contributed by atoms with Crippen molar-refractivity contribution in [2.24, 2.45) is 11.7 Å². The summed E-state index contributed by atoms with van der Waals surface area (Å²) in [5.41, 5.74) is 6.30. The summed E-state index contributed by atoms with van der Waals surface area (Å²) in [6, 6.07) is 9.71. The van der Waals surface area contributed by atoms with Gasteiger partial charge in [0, 0.05) is 13.0 Å². The summed E-state index contributed by atoms with van der Waals surface area (Å²) in [4.78, 5) is 24.9.